The van der Waals surface area contributed by atoms with Crippen LogP contribution in [0.3, 0.4) is 0 Å². The van der Waals surface area contributed by atoms with Gasteiger partial charge in [0.15, 0.2) is 0 Å². The zero-order valence-corrected chi connectivity index (χ0v) is 11.1. The molecule has 0 bridgehead atoms. The average molecular weight is 276 g/mol. The quantitative estimate of drug-likeness (QED) is 0.529. The summed E-state index contributed by atoms with van der Waals surface area (Å²) in [4.78, 5) is 14.8. The highest BCUT2D eigenvalue weighted by Crippen LogP contribution is 2.29. The standard InChI is InChI=1S/C17H12N2O2/c20-19(21)17-8-6-14-3-1-2-4-15(14)16(17)7-5-13-9-11-18-12-10-13/h1-12H. The third kappa shape index (κ3) is 2.65. The van der Waals surface area contributed by atoms with Gasteiger partial charge >= 0.3 is 0 Å². The minimum absolute atomic E-state index is 0.110. The van der Waals surface area contributed by atoms with Gasteiger partial charge in [-0.15, -0.1) is 0 Å². The summed E-state index contributed by atoms with van der Waals surface area (Å²) in [5.74, 6) is 0. The molecule has 0 aliphatic rings. The summed E-state index contributed by atoms with van der Waals surface area (Å²) in [7, 11) is 0. The van der Waals surface area contributed by atoms with Crippen molar-refractivity contribution in [2.75, 3.05) is 0 Å². The largest absolute Gasteiger partial charge is 0.277 e. The maximum atomic E-state index is 11.2. The summed E-state index contributed by atoms with van der Waals surface area (Å²) in [6.07, 6.45) is 7.03. The zero-order valence-electron chi connectivity index (χ0n) is 11.1. The number of pyridine rings is 1. The first-order valence-electron chi connectivity index (χ1n) is 6.50. The molecule has 0 spiro atoms. The molecular weight excluding hydrogens is 264 g/mol. The summed E-state index contributed by atoms with van der Waals surface area (Å²) in [6, 6.07) is 14.7. The fourth-order valence-corrected chi connectivity index (χ4v) is 2.27. The Morgan fingerprint density at radius 3 is 2.48 bits per heavy atom. The molecule has 0 aliphatic heterocycles. The maximum absolute atomic E-state index is 11.2. The molecular formula is C17H12N2O2. The van der Waals surface area contributed by atoms with Crippen molar-refractivity contribution in [1.29, 1.82) is 0 Å². The Bertz CT molecular complexity index is 827. The molecule has 1 heterocycles. The molecule has 0 atom stereocenters. The van der Waals surface area contributed by atoms with Crippen LogP contribution in [-0.2, 0) is 0 Å². The number of hydrogen-bond acceptors (Lipinski definition) is 3. The first-order valence-corrected chi connectivity index (χ1v) is 6.50. The van der Waals surface area contributed by atoms with Gasteiger partial charge in [0.25, 0.3) is 5.69 Å². The van der Waals surface area contributed by atoms with E-state index >= 15 is 0 Å². The van der Waals surface area contributed by atoms with E-state index in [1.165, 1.54) is 0 Å². The van der Waals surface area contributed by atoms with Crippen LogP contribution in [-0.4, -0.2) is 9.91 Å². The third-order valence-electron chi connectivity index (χ3n) is 3.29. The van der Waals surface area contributed by atoms with Crippen LogP contribution >= 0.6 is 0 Å². The lowest BCUT2D eigenvalue weighted by Crippen LogP contribution is -1.92. The summed E-state index contributed by atoms with van der Waals surface area (Å²) in [6.45, 7) is 0. The molecule has 3 aromatic rings. The van der Waals surface area contributed by atoms with E-state index in [1.807, 2.05) is 42.5 Å². The summed E-state index contributed by atoms with van der Waals surface area (Å²) >= 11 is 0. The third-order valence-corrected chi connectivity index (χ3v) is 3.29. The van der Waals surface area contributed by atoms with Crippen LogP contribution in [0.15, 0.2) is 60.9 Å². The minimum Gasteiger partial charge on any atom is -0.265 e. The van der Waals surface area contributed by atoms with Crippen molar-refractivity contribution in [2.45, 2.75) is 0 Å². The molecule has 0 saturated carbocycles. The SMILES string of the molecule is O=[N+]([O-])c1ccc2ccccc2c1C=Cc1ccncc1. The molecule has 2 aromatic carbocycles. The second-order valence-corrected chi connectivity index (χ2v) is 4.59. The Balaban J connectivity index is 2.17. The lowest BCUT2D eigenvalue weighted by molar-refractivity contribution is -0.384. The molecule has 1 aromatic heterocycles. The molecule has 4 heteroatoms. The van der Waals surface area contributed by atoms with Gasteiger partial charge in [0.2, 0.25) is 0 Å². The normalized spacial score (nSPS) is 11.0. The summed E-state index contributed by atoms with van der Waals surface area (Å²) < 4.78 is 0. The Kier molecular flexibility index (Phi) is 3.43. The highest BCUT2D eigenvalue weighted by Gasteiger charge is 2.14. The zero-order chi connectivity index (χ0) is 14.7. The van der Waals surface area contributed by atoms with Gasteiger partial charge in [0.05, 0.1) is 10.5 Å². The second kappa shape index (κ2) is 5.54. The van der Waals surface area contributed by atoms with Crippen molar-refractivity contribution < 1.29 is 4.92 Å². The Morgan fingerprint density at radius 2 is 1.71 bits per heavy atom. The topological polar surface area (TPSA) is 56.0 Å². The van der Waals surface area contributed by atoms with Crippen LogP contribution in [0.4, 0.5) is 5.69 Å². The van der Waals surface area contributed by atoms with E-state index in [4.69, 9.17) is 0 Å². The maximum Gasteiger partial charge on any atom is 0.277 e. The van der Waals surface area contributed by atoms with Crippen LogP contribution in [0, 0.1) is 10.1 Å². The predicted octanol–water partition coefficient (Wildman–Crippen LogP) is 4.31. The van der Waals surface area contributed by atoms with Gasteiger partial charge in [0.1, 0.15) is 0 Å². The molecule has 4 nitrogen and oxygen atoms in total. The van der Waals surface area contributed by atoms with Crippen LogP contribution in [0.5, 0.6) is 0 Å². The van der Waals surface area contributed by atoms with Gasteiger partial charge in [-0.1, -0.05) is 30.3 Å². The van der Waals surface area contributed by atoms with Gasteiger partial charge in [0, 0.05) is 18.5 Å². The van der Waals surface area contributed by atoms with E-state index in [0.29, 0.717) is 5.56 Å². The van der Waals surface area contributed by atoms with E-state index < -0.39 is 0 Å². The van der Waals surface area contributed by atoms with E-state index in [1.54, 1.807) is 30.6 Å². The van der Waals surface area contributed by atoms with Crippen molar-refractivity contribution in [3.63, 3.8) is 0 Å². The fourth-order valence-electron chi connectivity index (χ4n) is 2.27. The predicted molar refractivity (Wildman–Crippen MR) is 83.8 cm³/mol. The van der Waals surface area contributed by atoms with Crippen molar-refractivity contribution in [3.05, 3.63) is 82.2 Å². The van der Waals surface area contributed by atoms with Gasteiger partial charge in [-0.25, -0.2) is 0 Å². The summed E-state index contributed by atoms with van der Waals surface area (Å²) in [5, 5.41) is 13.1. The van der Waals surface area contributed by atoms with Crippen LogP contribution in [0.25, 0.3) is 22.9 Å². The molecule has 0 fully saturated rings. The first-order chi connectivity index (χ1) is 10.3. The Labute approximate surface area is 121 Å². The van der Waals surface area contributed by atoms with Gasteiger partial charge in [-0.3, -0.25) is 15.1 Å². The number of nitrogens with zero attached hydrogens (tertiary/aromatic N) is 2. The minimum atomic E-state index is -0.349. The fraction of sp³-hybridized carbons (Fsp3) is 0. The van der Waals surface area contributed by atoms with Gasteiger partial charge in [-0.05, 0) is 40.6 Å². The lowest BCUT2D eigenvalue weighted by atomic mass is 10.0. The van der Waals surface area contributed by atoms with Gasteiger partial charge in [-0.2, -0.15) is 0 Å². The number of nitro groups is 1. The molecule has 21 heavy (non-hydrogen) atoms. The molecule has 0 saturated heterocycles. The highest BCUT2D eigenvalue weighted by atomic mass is 16.6. The van der Waals surface area contributed by atoms with Crippen LogP contribution in [0.1, 0.15) is 11.1 Å². The molecule has 3 rings (SSSR count). The number of hydrogen-bond donors (Lipinski definition) is 0. The van der Waals surface area contributed by atoms with Crippen LogP contribution in [0.2, 0.25) is 0 Å². The average Bonchev–Trinajstić information content (AvgIpc) is 2.53. The smallest absolute Gasteiger partial charge is 0.265 e. The number of benzene rings is 2. The van der Waals surface area contributed by atoms with Crippen molar-refractivity contribution in [1.82, 2.24) is 4.98 Å². The van der Waals surface area contributed by atoms with Crippen molar-refractivity contribution in [3.8, 4) is 0 Å². The lowest BCUT2D eigenvalue weighted by Gasteiger charge is -2.03. The number of rotatable bonds is 3. The molecule has 0 radical (unpaired) electrons. The number of nitro benzene ring substituents is 1. The molecule has 0 aliphatic carbocycles. The molecule has 0 amide bonds. The number of fused-ring (bicyclic) bond motifs is 1. The van der Waals surface area contributed by atoms with Crippen LogP contribution < -0.4 is 0 Å². The molecule has 102 valence electrons. The Hall–Kier alpha value is -3.01. The van der Waals surface area contributed by atoms with Crippen molar-refractivity contribution in [2.24, 2.45) is 0 Å². The van der Waals surface area contributed by atoms with Crippen molar-refractivity contribution >= 4 is 28.6 Å². The van der Waals surface area contributed by atoms with E-state index in [9.17, 15) is 10.1 Å². The van der Waals surface area contributed by atoms with Gasteiger partial charge < -0.3 is 0 Å². The number of aromatic nitrogens is 1. The van der Waals surface area contributed by atoms with E-state index in [2.05, 4.69) is 4.98 Å². The summed E-state index contributed by atoms with van der Waals surface area (Å²) in [5.41, 5.74) is 1.68. The Morgan fingerprint density at radius 1 is 0.952 bits per heavy atom. The van der Waals surface area contributed by atoms with E-state index in [-0.39, 0.29) is 10.6 Å². The first kappa shape index (κ1) is 13.0. The van der Waals surface area contributed by atoms with E-state index in [0.717, 1.165) is 16.3 Å². The second-order valence-electron chi connectivity index (χ2n) is 4.59. The highest BCUT2D eigenvalue weighted by molar-refractivity contribution is 5.96. The molecule has 0 unspecified atom stereocenters. The monoisotopic (exact) mass is 276 g/mol. The molecule has 0 N–H and O–H groups in total.